The molecule has 2 aromatic carbocycles. The van der Waals surface area contributed by atoms with E-state index in [2.05, 4.69) is 10.3 Å². The van der Waals surface area contributed by atoms with Crippen molar-refractivity contribution in [1.82, 2.24) is 4.98 Å². The quantitative estimate of drug-likeness (QED) is 0.452. The van der Waals surface area contributed by atoms with Crippen LogP contribution in [0.5, 0.6) is 0 Å². The lowest BCUT2D eigenvalue weighted by Gasteiger charge is -2.10. The van der Waals surface area contributed by atoms with Crippen molar-refractivity contribution in [2.45, 2.75) is 0 Å². The molecule has 0 saturated carbocycles. The summed E-state index contributed by atoms with van der Waals surface area (Å²) in [7, 11) is 0. The summed E-state index contributed by atoms with van der Waals surface area (Å²) < 4.78 is 24.3. The molecule has 8 heteroatoms. The molecule has 1 amide bonds. The summed E-state index contributed by atoms with van der Waals surface area (Å²) in [6, 6.07) is 15.9. The number of para-hydroxylation sites is 1. The Hall–Kier alpha value is -3.71. The first-order valence-corrected chi connectivity index (χ1v) is 9.25. The molecule has 0 aliphatic rings. The summed E-state index contributed by atoms with van der Waals surface area (Å²) in [6.07, 6.45) is 1.50. The van der Waals surface area contributed by atoms with E-state index in [4.69, 9.17) is 20.8 Å². The highest BCUT2D eigenvalue weighted by atomic mass is 35.5. The number of ether oxygens (including phenoxy) is 1. The zero-order valence-electron chi connectivity index (χ0n) is 15.4. The number of aromatic nitrogens is 1. The first-order chi connectivity index (χ1) is 14.5. The van der Waals surface area contributed by atoms with Crippen molar-refractivity contribution in [3.8, 4) is 11.5 Å². The average molecular weight is 425 g/mol. The third kappa shape index (κ3) is 4.16. The summed E-state index contributed by atoms with van der Waals surface area (Å²) in [5.41, 5.74) is 1.21. The van der Waals surface area contributed by atoms with Gasteiger partial charge in [0.2, 0.25) is 0 Å². The SMILES string of the molecule is O=C(COC(=O)c1cc(-c2ccco2)nc2ccccc12)Nc1ccc(Cl)cc1F. The molecule has 0 fully saturated rings. The fourth-order valence-electron chi connectivity index (χ4n) is 2.88. The number of hydrogen-bond acceptors (Lipinski definition) is 5. The number of rotatable bonds is 5. The number of pyridine rings is 1. The van der Waals surface area contributed by atoms with E-state index in [9.17, 15) is 14.0 Å². The number of benzene rings is 2. The highest BCUT2D eigenvalue weighted by molar-refractivity contribution is 6.30. The number of carbonyl (C=O) groups excluding carboxylic acids is 2. The van der Waals surface area contributed by atoms with Gasteiger partial charge in [-0.3, -0.25) is 4.79 Å². The molecular formula is C22H14ClFN2O4. The summed E-state index contributed by atoms with van der Waals surface area (Å²) in [5, 5.41) is 3.11. The molecule has 0 radical (unpaired) electrons. The molecule has 0 spiro atoms. The highest BCUT2D eigenvalue weighted by Crippen LogP contribution is 2.26. The molecule has 4 rings (SSSR count). The third-order valence-corrected chi connectivity index (χ3v) is 4.48. The maximum absolute atomic E-state index is 13.8. The van der Waals surface area contributed by atoms with Gasteiger partial charge in [-0.25, -0.2) is 14.2 Å². The van der Waals surface area contributed by atoms with Crippen molar-refractivity contribution in [3.05, 3.63) is 83.3 Å². The van der Waals surface area contributed by atoms with E-state index in [-0.39, 0.29) is 16.3 Å². The van der Waals surface area contributed by atoms with Gasteiger partial charge in [0.05, 0.1) is 23.0 Å². The molecule has 0 aliphatic heterocycles. The summed E-state index contributed by atoms with van der Waals surface area (Å²) in [4.78, 5) is 29.3. The van der Waals surface area contributed by atoms with Crippen LogP contribution in [0.3, 0.4) is 0 Å². The lowest BCUT2D eigenvalue weighted by atomic mass is 10.1. The van der Waals surface area contributed by atoms with Gasteiger partial charge in [-0.05, 0) is 42.5 Å². The second-order valence-corrected chi connectivity index (χ2v) is 6.73. The number of anilines is 1. The Morgan fingerprint density at radius 2 is 1.93 bits per heavy atom. The molecule has 0 aliphatic carbocycles. The van der Waals surface area contributed by atoms with Crippen LogP contribution in [0.1, 0.15) is 10.4 Å². The fraction of sp³-hybridized carbons (Fsp3) is 0.0455. The molecule has 6 nitrogen and oxygen atoms in total. The van der Waals surface area contributed by atoms with E-state index in [1.54, 1.807) is 42.5 Å². The number of esters is 1. The minimum absolute atomic E-state index is 0.0603. The summed E-state index contributed by atoms with van der Waals surface area (Å²) in [5.74, 6) is -1.60. The minimum atomic E-state index is -0.715. The van der Waals surface area contributed by atoms with E-state index in [1.807, 2.05) is 0 Å². The minimum Gasteiger partial charge on any atom is -0.463 e. The van der Waals surface area contributed by atoms with Gasteiger partial charge in [0.25, 0.3) is 5.91 Å². The van der Waals surface area contributed by atoms with E-state index in [0.29, 0.717) is 22.4 Å². The summed E-state index contributed by atoms with van der Waals surface area (Å²) >= 11 is 5.69. The number of hydrogen-bond donors (Lipinski definition) is 1. The molecular weight excluding hydrogens is 411 g/mol. The largest absolute Gasteiger partial charge is 0.463 e. The van der Waals surface area contributed by atoms with Gasteiger partial charge < -0.3 is 14.5 Å². The number of nitrogens with zero attached hydrogens (tertiary/aromatic N) is 1. The average Bonchev–Trinajstić information content (AvgIpc) is 3.28. The first-order valence-electron chi connectivity index (χ1n) is 8.87. The number of carbonyl (C=O) groups is 2. The van der Waals surface area contributed by atoms with Gasteiger partial charge >= 0.3 is 5.97 Å². The zero-order valence-corrected chi connectivity index (χ0v) is 16.2. The van der Waals surface area contributed by atoms with Gasteiger partial charge in [-0.15, -0.1) is 0 Å². The van der Waals surface area contributed by atoms with Gasteiger partial charge in [-0.2, -0.15) is 0 Å². The normalized spacial score (nSPS) is 10.7. The maximum Gasteiger partial charge on any atom is 0.339 e. The Balaban J connectivity index is 1.53. The van der Waals surface area contributed by atoms with E-state index in [1.165, 1.54) is 18.4 Å². The van der Waals surface area contributed by atoms with Crippen molar-refractivity contribution in [2.75, 3.05) is 11.9 Å². The predicted octanol–water partition coefficient (Wildman–Crippen LogP) is 5.08. The van der Waals surface area contributed by atoms with Gasteiger partial charge in [0.15, 0.2) is 12.4 Å². The molecule has 0 saturated heterocycles. The molecule has 0 bridgehead atoms. The van der Waals surface area contributed by atoms with Crippen LogP contribution in [0, 0.1) is 5.82 Å². The monoisotopic (exact) mass is 424 g/mol. The molecule has 0 atom stereocenters. The van der Waals surface area contributed by atoms with Crippen molar-refractivity contribution >= 4 is 40.1 Å². The molecule has 1 N–H and O–H groups in total. The van der Waals surface area contributed by atoms with Crippen LogP contribution in [-0.2, 0) is 9.53 Å². The third-order valence-electron chi connectivity index (χ3n) is 4.25. The lowest BCUT2D eigenvalue weighted by molar-refractivity contribution is -0.119. The molecule has 2 heterocycles. The first kappa shape index (κ1) is 19.6. The number of amides is 1. The van der Waals surface area contributed by atoms with E-state index < -0.39 is 24.3 Å². The Labute approximate surface area is 175 Å². The Morgan fingerprint density at radius 1 is 1.10 bits per heavy atom. The van der Waals surface area contributed by atoms with Crippen LogP contribution in [0.2, 0.25) is 5.02 Å². The fourth-order valence-corrected chi connectivity index (χ4v) is 3.04. The van der Waals surface area contributed by atoms with Gasteiger partial charge in [0.1, 0.15) is 11.5 Å². The highest BCUT2D eigenvalue weighted by Gasteiger charge is 2.18. The van der Waals surface area contributed by atoms with E-state index >= 15 is 0 Å². The topological polar surface area (TPSA) is 81.4 Å². The van der Waals surface area contributed by atoms with Crippen LogP contribution in [0.25, 0.3) is 22.4 Å². The smallest absolute Gasteiger partial charge is 0.339 e. The maximum atomic E-state index is 13.8. The van der Waals surface area contributed by atoms with Crippen molar-refractivity contribution < 1.29 is 23.1 Å². The summed E-state index contributed by atoms with van der Waals surface area (Å²) in [6.45, 7) is -0.590. The van der Waals surface area contributed by atoms with Crippen LogP contribution < -0.4 is 5.32 Å². The molecule has 0 unspecified atom stereocenters. The number of fused-ring (bicyclic) bond motifs is 1. The molecule has 4 aromatic rings. The molecule has 2 aromatic heterocycles. The standard InChI is InChI=1S/C22H14ClFN2O4/c23-13-7-8-18(16(24)10-13)26-21(27)12-30-22(28)15-11-19(20-6-3-9-29-20)25-17-5-2-1-4-14(15)17/h1-11H,12H2,(H,26,27). The van der Waals surface area contributed by atoms with Gasteiger partial charge in [0, 0.05) is 10.4 Å². The Kier molecular flexibility index (Phi) is 5.45. The Morgan fingerprint density at radius 3 is 2.70 bits per heavy atom. The van der Waals surface area contributed by atoms with Crippen LogP contribution in [-0.4, -0.2) is 23.5 Å². The van der Waals surface area contributed by atoms with Crippen molar-refractivity contribution in [1.29, 1.82) is 0 Å². The van der Waals surface area contributed by atoms with E-state index in [0.717, 1.165) is 6.07 Å². The molecule has 30 heavy (non-hydrogen) atoms. The van der Waals surface area contributed by atoms with Crippen molar-refractivity contribution in [3.63, 3.8) is 0 Å². The predicted molar refractivity (Wildman–Crippen MR) is 110 cm³/mol. The van der Waals surface area contributed by atoms with Crippen molar-refractivity contribution in [2.24, 2.45) is 0 Å². The second-order valence-electron chi connectivity index (χ2n) is 6.30. The zero-order chi connectivity index (χ0) is 21.1. The van der Waals surface area contributed by atoms with Crippen LogP contribution in [0.4, 0.5) is 10.1 Å². The number of halogens is 2. The number of furan rings is 1. The van der Waals surface area contributed by atoms with Gasteiger partial charge in [-0.1, -0.05) is 29.8 Å². The van der Waals surface area contributed by atoms with Crippen LogP contribution >= 0.6 is 11.6 Å². The number of nitrogens with one attached hydrogen (secondary N) is 1. The lowest BCUT2D eigenvalue weighted by Crippen LogP contribution is -2.21. The molecule has 150 valence electrons. The second kappa shape index (κ2) is 8.34. The Bertz CT molecular complexity index is 1240. The van der Waals surface area contributed by atoms with Crippen LogP contribution in [0.15, 0.2) is 71.3 Å².